The van der Waals surface area contributed by atoms with Crippen molar-refractivity contribution >= 4 is 11.4 Å². The Hall–Kier alpha value is -2.20. The highest BCUT2D eigenvalue weighted by Crippen LogP contribution is 2.24. The van der Waals surface area contributed by atoms with E-state index in [9.17, 15) is 0 Å². The molecule has 0 unspecified atom stereocenters. The molecule has 128 valence electrons. The van der Waals surface area contributed by atoms with E-state index in [4.69, 9.17) is 4.74 Å². The van der Waals surface area contributed by atoms with E-state index in [1.54, 1.807) is 7.11 Å². The minimum atomic E-state index is 0.864. The zero-order chi connectivity index (χ0) is 16.9. The van der Waals surface area contributed by atoms with Crippen LogP contribution in [0, 0.1) is 0 Å². The van der Waals surface area contributed by atoms with Gasteiger partial charge in [0.25, 0.3) is 0 Å². The fraction of sp³-hybridized carbons (Fsp3) is 0.400. The Bertz CT molecular complexity index is 665. The van der Waals surface area contributed by atoms with E-state index in [1.165, 1.54) is 16.9 Å². The van der Waals surface area contributed by atoms with Crippen molar-refractivity contribution in [2.45, 2.75) is 6.54 Å². The molecule has 0 aliphatic carbocycles. The van der Waals surface area contributed by atoms with Gasteiger partial charge in [-0.1, -0.05) is 18.2 Å². The Labute approximate surface area is 145 Å². The van der Waals surface area contributed by atoms with Gasteiger partial charge in [0.05, 0.1) is 7.11 Å². The van der Waals surface area contributed by atoms with Crippen molar-refractivity contribution in [1.82, 2.24) is 4.90 Å². The highest BCUT2D eigenvalue weighted by atomic mass is 16.5. The van der Waals surface area contributed by atoms with E-state index in [1.807, 2.05) is 12.1 Å². The molecule has 0 radical (unpaired) electrons. The average molecular weight is 325 g/mol. The largest absolute Gasteiger partial charge is 0.497 e. The molecule has 4 heteroatoms. The minimum absolute atomic E-state index is 0.864. The zero-order valence-electron chi connectivity index (χ0n) is 14.9. The van der Waals surface area contributed by atoms with Crippen LogP contribution in [0.1, 0.15) is 5.56 Å². The molecule has 0 spiro atoms. The Morgan fingerprint density at radius 2 is 1.75 bits per heavy atom. The fourth-order valence-corrected chi connectivity index (χ4v) is 3.13. The standard InChI is InChI=1S/C20H27N3O/c1-21-10-12-23(13-11-21)19-8-5-7-18(15-19)22(2)16-17-6-4-9-20(14-17)24-3/h4-9,14-15H,10-13,16H2,1-3H3. The third-order valence-electron chi connectivity index (χ3n) is 4.69. The summed E-state index contributed by atoms with van der Waals surface area (Å²) < 4.78 is 5.32. The van der Waals surface area contributed by atoms with Gasteiger partial charge in [-0.05, 0) is 42.9 Å². The number of benzene rings is 2. The van der Waals surface area contributed by atoms with Gasteiger partial charge in [-0.2, -0.15) is 0 Å². The predicted molar refractivity (Wildman–Crippen MR) is 101 cm³/mol. The number of piperazine rings is 1. The number of anilines is 2. The van der Waals surface area contributed by atoms with Crippen LogP contribution < -0.4 is 14.5 Å². The van der Waals surface area contributed by atoms with E-state index in [0.29, 0.717) is 0 Å². The monoisotopic (exact) mass is 325 g/mol. The normalized spacial score (nSPS) is 15.4. The Morgan fingerprint density at radius 1 is 1.00 bits per heavy atom. The summed E-state index contributed by atoms with van der Waals surface area (Å²) in [5.74, 6) is 0.909. The van der Waals surface area contributed by atoms with E-state index in [2.05, 4.69) is 65.2 Å². The molecule has 1 aliphatic heterocycles. The lowest BCUT2D eigenvalue weighted by atomic mass is 10.1. The first-order chi connectivity index (χ1) is 11.7. The van der Waals surface area contributed by atoms with Crippen LogP contribution in [0.5, 0.6) is 5.75 Å². The average Bonchev–Trinajstić information content (AvgIpc) is 2.62. The van der Waals surface area contributed by atoms with Gasteiger partial charge in [-0.25, -0.2) is 0 Å². The van der Waals surface area contributed by atoms with E-state index < -0.39 is 0 Å². The Morgan fingerprint density at radius 3 is 2.50 bits per heavy atom. The lowest BCUT2D eigenvalue weighted by Crippen LogP contribution is -2.44. The van der Waals surface area contributed by atoms with Crippen LogP contribution in [0.4, 0.5) is 11.4 Å². The van der Waals surface area contributed by atoms with Crippen LogP contribution in [0.3, 0.4) is 0 Å². The third-order valence-corrected chi connectivity index (χ3v) is 4.69. The minimum Gasteiger partial charge on any atom is -0.497 e. The van der Waals surface area contributed by atoms with Crippen LogP contribution in [-0.4, -0.2) is 52.3 Å². The topological polar surface area (TPSA) is 19.0 Å². The smallest absolute Gasteiger partial charge is 0.119 e. The molecule has 0 atom stereocenters. The molecule has 24 heavy (non-hydrogen) atoms. The van der Waals surface area contributed by atoms with Gasteiger partial charge < -0.3 is 19.4 Å². The van der Waals surface area contributed by atoms with Gasteiger partial charge in [-0.3, -0.25) is 0 Å². The van der Waals surface area contributed by atoms with Crippen LogP contribution in [0.25, 0.3) is 0 Å². The molecule has 2 aromatic carbocycles. The molecule has 0 aromatic heterocycles. The summed E-state index contributed by atoms with van der Waals surface area (Å²) in [6.07, 6.45) is 0. The fourth-order valence-electron chi connectivity index (χ4n) is 3.13. The lowest BCUT2D eigenvalue weighted by Gasteiger charge is -2.34. The molecule has 1 aliphatic rings. The van der Waals surface area contributed by atoms with Gasteiger partial charge in [0.1, 0.15) is 5.75 Å². The van der Waals surface area contributed by atoms with Crippen LogP contribution >= 0.6 is 0 Å². The van der Waals surface area contributed by atoms with Crippen molar-refractivity contribution in [1.29, 1.82) is 0 Å². The molecule has 0 N–H and O–H groups in total. The second kappa shape index (κ2) is 7.58. The van der Waals surface area contributed by atoms with Crippen LogP contribution in [0.15, 0.2) is 48.5 Å². The Balaban J connectivity index is 1.70. The maximum atomic E-state index is 5.32. The molecule has 0 amide bonds. The molecule has 3 rings (SSSR count). The van der Waals surface area contributed by atoms with Crippen molar-refractivity contribution in [3.05, 3.63) is 54.1 Å². The third kappa shape index (κ3) is 4.01. The number of hydrogen-bond acceptors (Lipinski definition) is 4. The Kier molecular flexibility index (Phi) is 5.26. The van der Waals surface area contributed by atoms with Crippen molar-refractivity contribution in [2.75, 3.05) is 57.2 Å². The first-order valence-corrected chi connectivity index (χ1v) is 8.53. The highest BCUT2D eigenvalue weighted by molar-refractivity contribution is 5.59. The maximum Gasteiger partial charge on any atom is 0.119 e. The summed E-state index contributed by atoms with van der Waals surface area (Å²) in [7, 11) is 6.04. The predicted octanol–water partition coefficient (Wildman–Crippen LogP) is 3.08. The second-order valence-electron chi connectivity index (χ2n) is 6.52. The van der Waals surface area contributed by atoms with Crippen LogP contribution in [0.2, 0.25) is 0 Å². The quantitative estimate of drug-likeness (QED) is 0.841. The maximum absolute atomic E-state index is 5.32. The second-order valence-corrected chi connectivity index (χ2v) is 6.52. The molecule has 4 nitrogen and oxygen atoms in total. The first kappa shape index (κ1) is 16.7. The summed E-state index contributed by atoms with van der Waals surface area (Å²) in [5.41, 5.74) is 3.81. The number of nitrogens with zero attached hydrogens (tertiary/aromatic N) is 3. The van der Waals surface area contributed by atoms with Crippen molar-refractivity contribution in [3.8, 4) is 5.75 Å². The molecule has 0 bridgehead atoms. The summed E-state index contributed by atoms with van der Waals surface area (Å²) in [4.78, 5) is 7.15. The number of rotatable bonds is 5. The SMILES string of the molecule is COc1cccc(CN(C)c2cccc(N3CCN(C)CC3)c2)c1. The van der Waals surface area contributed by atoms with E-state index in [0.717, 1.165) is 38.5 Å². The van der Waals surface area contributed by atoms with Gasteiger partial charge in [-0.15, -0.1) is 0 Å². The van der Waals surface area contributed by atoms with Gasteiger partial charge in [0.2, 0.25) is 0 Å². The van der Waals surface area contributed by atoms with Crippen LogP contribution in [-0.2, 0) is 6.54 Å². The van der Waals surface area contributed by atoms with Crippen molar-refractivity contribution < 1.29 is 4.74 Å². The molecule has 1 fully saturated rings. The first-order valence-electron chi connectivity index (χ1n) is 8.53. The lowest BCUT2D eigenvalue weighted by molar-refractivity contribution is 0.313. The molecule has 0 saturated carbocycles. The van der Waals surface area contributed by atoms with Gasteiger partial charge in [0, 0.05) is 51.1 Å². The summed E-state index contributed by atoms with van der Waals surface area (Å²) in [6, 6.07) is 17.1. The molecular formula is C20H27N3O. The molecule has 1 heterocycles. The van der Waals surface area contributed by atoms with Gasteiger partial charge in [0.15, 0.2) is 0 Å². The summed E-state index contributed by atoms with van der Waals surface area (Å²) in [5, 5.41) is 0. The van der Waals surface area contributed by atoms with E-state index >= 15 is 0 Å². The van der Waals surface area contributed by atoms with Crippen molar-refractivity contribution in [2.24, 2.45) is 0 Å². The number of likely N-dealkylation sites (N-methyl/N-ethyl adjacent to an activating group) is 1. The van der Waals surface area contributed by atoms with Crippen molar-refractivity contribution in [3.63, 3.8) is 0 Å². The molecular weight excluding hydrogens is 298 g/mol. The molecule has 2 aromatic rings. The number of hydrogen-bond donors (Lipinski definition) is 0. The summed E-state index contributed by atoms with van der Waals surface area (Å²) >= 11 is 0. The zero-order valence-corrected chi connectivity index (χ0v) is 14.9. The number of methoxy groups -OCH3 is 1. The van der Waals surface area contributed by atoms with Gasteiger partial charge >= 0.3 is 0 Å². The summed E-state index contributed by atoms with van der Waals surface area (Å²) in [6.45, 7) is 5.32. The highest BCUT2D eigenvalue weighted by Gasteiger charge is 2.15. The molecule has 1 saturated heterocycles. The number of ether oxygens (including phenoxy) is 1. The van der Waals surface area contributed by atoms with E-state index in [-0.39, 0.29) is 0 Å².